The summed E-state index contributed by atoms with van der Waals surface area (Å²) in [6, 6.07) is 6.69. The van der Waals surface area contributed by atoms with E-state index >= 15 is 0 Å². The second-order valence-electron chi connectivity index (χ2n) is 4.52. The molecule has 0 radical (unpaired) electrons. The first-order chi connectivity index (χ1) is 9.56. The van der Waals surface area contributed by atoms with Crippen molar-refractivity contribution in [2.75, 3.05) is 7.05 Å². The van der Waals surface area contributed by atoms with Gasteiger partial charge in [0, 0.05) is 21.4 Å². The monoisotopic (exact) mass is 359 g/mol. The number of aryl methyl sites for hydroxylation is 1. The van der Waals surface area contributed by atoms with Crippen molar-refractivity contribution in [3.05, 3.63) is 55.7 Å². The van der Waals surface area contributed by atoms with Crippen LogP contribution in [0.5, 0.6) is 0 Å². The molecule has 1 aromatic heterocycles. The lowest BCUT2D eigenvalue weighted by atomic mass is 10.0. The van der Waals surface area contributed by atoms with Gasteiger partial charge in [-0.15, -0.1) is 11.3 Å². The molecule has 1 atom stereocenters. The summed E-state index contributed by atoms with van der Waals surface area (Å²) in [4.78, 5) is 2.37. The van der Waals surface area contributed by atoms with Crippen LogP contribution in [0.15, 0.2) is 28.7 Å². The van der Waals surface area contributed by atoms with E-state index in [1.165, 1.54) is 17.0 Å². The van der Waals surface area contributed by atoms with Gasteiger partial charge in [0.25, 0.3) is 0 Å². The highest BCUT2D eigenvalue weighted by molar-refractivity contribution is 9.10. The fraction of sp³-hybridized carbons (Fsp3) is 0.333. The zero-order valence-corrected chi connectivity index (χ0v) is 13.7. The highest BCUT2D eigenvalue weighted by atomic mass is 79.9. The average Bonchev–Trinajstić information content (AvgIpc) is 2.92. The van der Waals surface area contributed by atoms with Gasteiger partial charge < -0.3 is 5.32 Å². The smallest absolute Gasteiger partial charge is 0.143 e. The molecule has 0 saturated heterocycles. The van der Waals surface area contributed by atoms with E-state index in [4.69, 9.17) is 0 Å². The predicted octanol–water partition coefficient (Wildman–Crippen LogP) is 4.85. The zero-order chi connectivity index (χ0) is 14.7. The highest BCUT2D eigenvalue weighted by Crippen LogP contribution is 2.29. The van der Waals surface area contributed by atoms with Crippen LogP contribution < -0.4 is 5.32 Å². The molecule has 0 aliphatic carbocycles. The molecule has 0 aliphatic rings. The molecule has 2 aromatic rings. The maximum absolute atomic E-state index is 14.0. The summed E-state index contributed by atoms with van der Waals surface area (Å²) >= 11 is 4.79. The Kier molecular flexibility index (Phi) is 5.29. The number of hydrogen-bond donors (Lipinski definition) is 1. The molecule has 0 amide bonds. The Morgan fingerprint density at radius 3 is 2.60 bits per heavy atom. The van der Waals surface area contributed by atoms with E-state index < -0.39 is 11.6 Å². The number of benzene rings is 1. The van der Waals surface area contributed by atoms with Crippen LogP contribution in [0.1, 0.15) is 28.3 Å². The Morgan fingerprint density at radius 2 is 2.00 bits per heavy atom. The lowest BCUT2D eigenvalue weighted by molar-refractivity contribution is 0.516. The van der Waals surface area contributed by atoms with E-state index in [0.29, 0.717) is 4.47 Å². The van der Waals surface area contributed by atoms with Gasteiger partial charge in [-0.2, -0.15) is 0 Å². The standard InChI is InChI=1S/C15H16BrF2NS/c1-3-9-4-7-14(20-9)13(19-2)8-10-12(17)6-5-11(16)15(10)18/h4-7,13,19H,3,8H2,1-2H3. The lowest BCUT2D eigenvalue weighted by Gasteiger charge is -2.16. The van der Waals surface area contributed by atoms with Crippen molar-refractivity contribution in [2.24, 2.45) is 0 Å². The van der Waals surface area contributed by atoms with Crippen molar-refractivity contribution in [3.8, 4) is 0 Å². The quantitative estimate of drug-likeness (QED) is 0.752. The summed E-state index contributed by atoms with van der Waals surface area (Å²) in [5.74, 6) is -1.02. The van der Waals surface area contributed by atoms with Crippen molar-refractivity contribution in [1.29, 1.82) is 0 Å². The lowest BCUT2D eigenvalue weighted by Crippen LogP contribution is -2.19. The number of thiophene rings is 1. The molecule has 108 valence electrons. The molecule has 0 aliphatic heterocycles. The molecule has 2 rings (SSSR count). The third-order valence-electron chi connectivity index (χ3n) is 3.27. The minimum Gasteiger partial charge on any atom is -0.312 e. The summed E-state index contributed by atoms with van der Waals surface area (Å²) in [7, 11) is 1.81. The minimum atomic E-state index is -0.516. The second kappa shape index (κ2) is 6.78. The number of nitrogens with one attached hydrogen (secondary N) is 1. The van der Waals surface area contributed by atoms with E-state index in [1.54, 1.807) is 11.3 Å². The van der Waals surface area contributed by atoms with Gasteiger partial charge in [0.05, 0.1) is 4.47 Å². The minimum absolute atomic E-state index is 0.0846. The molecule has 0 bridgehead atoms. The molecule has 0 fully saturated rings. The molecule has 0 spiro atoms. The molecule has 1 unspecified atom stereocenters. The van der Waals surface area contributed by atoms with Gasteiger partial charge in [0.15, 0.2) is 0 Å². The molecule has 1 nitrogen and oxygen atoms in total. The normalized spacial score (nSPS) is 12.7. The molecule has 20 heavy (non-hydrogen) atoms. The highest BCUT2D eigenvalue weighted by Gasteiger charge is 2.19. The first-order valence-electron chi connectivity index (χ1n) is 6.45. The Balaban J connectivity index is 2.29. The van der Waals surface area contributed by atoms with Gasteiger partial charge in [0.1, 0.15) is 11.6 Å². The summed E-state index contributed by atoms with van der Waals surface area (Å²) in [5.41, 5.74) is 0.116. The molecule has 1 aromatic carbocycles. The number of hydrogen-bond acceptors (Lipinski definition) is 2. The van der Waals surface area contributed by atoms with Crippen molar-refractivity contribution < 1.29 is 8.78 Å². The largest absolute Gasteiger partial charge is 0.312 e. The predicted molar refractivity (Wildman–Crippen MR) is 83.3 cm³/mol. The fourth-order valence-electron chi connectivity index (χ4n) is 2.08. The molecular formula is C15H16BrF2NS. The Hall–Kier alpha value is -0.780. The van der Waals surface area contributed by atoms with Crippen LogP contribution in [0.3, 0.4) is 0 Å². The van der Waals surface area contributed by atoms with Crippen LogP contribution in [0.4, 0.5) is 8.78 Å². The Bertz CT molecular complexity index is 598. The zero-order valence-electron chi connectivity index (χ0n) is 11.3. The van der Waals surface area contributed by atoms with Crippen LogP contribution in [-0.2, 0) is 12.8 Å². The number of likely N-dealkylation sites (N-methyl/N-ethyl adjacent to an activating group) is 1. The molecule has 5 heteroatoms. The van der Waals surface area contributed by atoms with E-state index in [1.807, 2.05) is 13.1 Å². The number of rotatable bonds is 5. The average molecular weight is 360 g/mol. The molecular weight excluding hydrogens is 344 g/mol. The van der Waals surface area contributed by atoms with Crippen LogP contribution >= 0.6 is 27.3 Å². The SMILES string of the molecule is CCc1ccc(C(Cc2c(F)ccc(Br)c2F)NC)s1. The van der Waals surface area contributed by atoms with E-state index in [9.17, 15) is 8.78 Å². The fourth-order valence-corrected chi connectivity index (χ4v) is 3.51. The third kappa shape index (κ3) is 3.27. The maximum Gasteiger partial charge on any atom is 0.143 e. The van der Waals surface area contributed by atoms with Crippen LogP contribution in [0.2, 0.25) is 0 Å². The van der Waals surface area contributed by atoms with E-state index in [0.717, 1.165) is 11.3 Å². The van der Waals surface area contributed by atoms with Gasteiger partial charge in [-0.05, 0) is 60.1 Å². The van der Waals surface area contributed by atoms with Gasteiger partial charge in [-0.25, -0.2) is 8.78 Å². The van der Waals surface area contributed by atoms with Crippen LogP contribution in [0.25, 0.3) is 0 Å². The Labute approximate surface area is 130 Å². The number of halogens is 3. The van der Waals surface area contributed by atoms with E-state index in [-0.39, 0.29) is 18.0 Å². The summed E-state index contributed by atoms with van der Waals surface area (Å²) in [6.45, 7) is 2.09. The van der Waals surface area contributed by atoms with Gasteiger partial charge >= 0.3 is 0 Å². The first kappa shape index (κ1) is 15.6. The summed E-state index contributed by atoms with van der Waals surface area (Å²) < 4.78 is 28.2. The van der Waals surface area contributed by atoms with Crippen LogP contribution in [-0.4, -0.2) is 7.05 Å². The molecule has 1 heterocycles. The van der Waals surface area contributed by atoms with Crippen molar-refractivity contribution in [1.82, 2.24) is 5.32 Å². The third-order valence-corrected chi connectivity index (χ3v) is 5.23. The maximum atomic E-state index is 14.0. The summed E-state index contributed by atoms with van der Waals surface area (Å²) in [5, 5.41) is 3.14. The van der Waals surface area contributed by atoms with Gasteiger partial charge in [-0.3, -0.25) is 0 Å². The van der Waals surface area contributed by atoms with Crippen molar-refractivity contribution in [3.63, 3.8) is 0 Å². The van der Waals surface area contributed by atoms with Crippen LogP contribution in [0, 0.1) is 11.6 Å². The van der Waals surface area contributed by atoms with Crippen molar-refractivity contribution in [2.45, 2.75) is 25.8 Å². The van der Waals surface area contributed by atoms with Crippen molar-refractivity contribution >= 4 is 27.3 Å². The molecule has 0 saturated carbocycles. The van der Waals surface area contributed by atoms with Gasteiger partial charge in [0.2, 0.25) is 0 Å². The second-order valence-corrected chi connectivity index (χ2v) is 6.58. The van der Waals surface area contributed by atoms with Gasteiger partial charge in [-0.1, -0.05) is 6.92 Å². The Morgan fingerprint density at radius 1 is 1.25 bits per heavy atom. The molecule has 1 N–H and O–H groups in total. The topological polar surface area (TPSA) is 12.0 Å². The first-order valence-corrected chi connectivity index (χ1v) is 8.06. The van der Waals surface area contributed by atoms with E-state index in [2.05, 4.69) is 34.2 Å². The summed E-state index contributed by atoms with van der Waals surface area (Å²) in [6.07, 6.45) is 1.26.